The number of hydrogen-bond acceptors (Lipinski definition) is 2. The Morgan fingerprint density at radius 1 is 1.11 bits per heavy atom. The summed E-state index contributed by atoms with van der Waals surface area (Å²) in [6.45, 7) is 6.38. The fourth-order valence-electron chi connectivity index (χ4n) is 3.12. The number of nitrogens with two attached hydrogens (primary N) is 1. The predicted octanol–water partition coefficient (Wildman–Crippen LogP) is 3.15. The summed E-state index contributed by atoms with van der Waals surface area (Å²) in [5, 5.41) is 0. The summed E-state index contributed by atoms with van der Waals surface area (Å²) < 4.78 is 0. The number of benzene rings is 1. The second-order valence-corrected chi connectivity index (χ2v) is 5.69. The lowest BCUT2D eigenvalue weighted by atomic mass is 9.95. The van der Waals surface area contributed by atoms with Gasteiger partial charge in [-0.15, -0.1) is 0 Å². The molecule has 1 aromatic rings. The van der Waals surface area contributed by atoms with Crippen molar-refractivity contribution in [1.29, 1.82) is 0 Å². The number of amidine groups is 1. The first-order valence-electron chi connectivity index (χ1n) is 7.24. The maximum atomic E-state index is 5.72. The number of aryl methyl sites for hydroxylation is 3. The second kappa shape index (κ2) is 6.20. The smallest absolute Gasteiger partial charge is 0.143 e. The minimum atomic E-state index is 0.430. The normalized spacial score (nSPS) is 17.6. The summed E-state index contributed by atoms with van der Waals surface area (Å²) >= 11 is 0. The number of nitrogens with zero attached hydrogens (tertiary/aromatic N) is 1. The molecule has 3 N–H and O–H groups in total. The molecule has 1 aromatic carbocycles. The molecule has 0 aliphatic heterocycles. The molecule has 0 saturated heterocycles. The van der Waals surface area contributed by atoms with Crippen molar-refractivity contribution >= 4 is 5.84 Å². The summed E-state index contributed by atoms with van der Waals surface area (Å²) in [5.74, 6) is 6.57. The SMILES string of the molecule is Cc1cc(C)c(C(=NC2CCCCC2)NN)c(C)c1. The highest BCUT2D eigenvalue weighted by Gasteiger charge is 2.16. The molecule has 0 atom stereocenters. The summed E-state index contributed by atoms with van der Waals surface area (Å²) in [7, 11) is 0. The van der Waals surface area contributed by atoms with Crippen LogP contribution >= 0.6 is 0 Å². The monoisotopic (exact) mass is 259 g/mol. The standard InChI is InChI=1S/C16H25N3/c1-11-9-12(2)15(13(3)10-11)16(19-17)18-14-7-5-4-6-8-14/h9-10,14H,4-8,17H2,1-3H3,(H,18,19). The van der Waals surface area contributed by atoms with E-state index in [2.05, 4.69) is 38.3 Å². The Hall–Kier alpha value is -1.35. The molecule has 0 spiro atoms. The van der Waals surface area contributed by atoms with E-state index >= 15 is 0 Å². The molecule has 0 unspecified atom stereocenters. The fraction of sp³-hybridized carbons (Fsp3) is 0.562. The van der Waals surface area contributed by atoms with Crippen molar-refractivity contribution in [2.24, 2.45) is 10.8 Å². The Balaban J connectivity index is 2.33. The number of aliphatic imine (C=N–C) groups is 1. The van der Waals surface area contributed by atoms with Crippen molar-refractivity contribution in [1.82, 2.24) is 5.43 Å². The lowest BCUT2D eigenvalue weighted by molar-refractivity contribution is 0.442. The lowest BCUT2D eigenvalue weighted by Gasteiger charge is -2.20. The molecule has 3 heteroatoms. The molecule has 1 fully saturated rings. The first-order chi connectivity index (χ1) is 9.11. The van der Waals surface area contributed by atoms with Crippen LogP contribution in [0.25, 0.3) is 0 Å². The van der Waals surface area contributed by atoms with Crippen LogP contribution in [0.2, 0.25) is 0 Å². The summed E-state index contributed by atoms with van der Waals surface area (Å²) in [6, 6.07) is 4.81. The van der Waals surface area contributed by atoms with Crippen LogP contribution in [0.3, 0.4) is 0 Å². The van der Waals surface area contributed by atoms with Gasteiger partial charge in [-0.1, -0.05) is 37.0 Å². The van der Waals surface area contributed by atoms with E-state index in [1.165, 1.54) is 54.4 Å². The van der Waals surface area contributed by atoms with Gasteiger partial charge in [-0.2, -0.15) is 0 Å². The van der Waals surface area contributed by atoms with Gasteiger partial charge in [0.15, 0.2) is 0 Å². The van der Waals surface area contributed by atoms with Crippen LogP contribution < -0.4 is 11.3 Å². The third-order valence-corrected chi connectivity index (χ3v) is 3.94. The Morgan fingerprint density at radius 2 is 1.68 bits per heavy atom. The van der Waals surface area contributed by atoms with Crippen LogP contribution in [0.15, 0.2) is 17.1 Å². The maximum absolute atomic E-state index is 5.72. The summed E-state index contributed by atoms with van der Waals surface area (Å²) in [6.07, 6.45) is 6.31. The molecular weight excluding hydrogens is 234 g/mol. The van der Waals surface area contributed by atoms with E-state index in [-0.39, 0.29) is 0 Å². The van der Waals surface area contributed by atoms with Crippen LogP contribution in [-0.4, -0.2) is 11.9 Å². The van der Waals surface area contributed by atoms with Crippen LogP contribution in [0.5, 0.6) is 0 Å². The van der Waals surface area contributed by atoms with Gasteiger partial charge in [-0.25, -0.2) is 5.84 Å². The largest absolute Gasteiger partial charge is 0.308 e. The molecule has 0 heterocycles. The van der Waals surface area contributed by atoms with Crippen molar-refractivity contribution < 1.29 is 0 Å². The zero-order valence-corrected chi connectivity index (χ0v) is 12.3. The number of hydrazine groups is 1. The van der Waals surface area contributed by atoms with Gasteiger partial charge in [0.05, 0.1) is 6.04 Å². The highest BCUT2D eigenvalue weighted by Crippen LogP contribution is 2.22. The molecule has 1 aliphatic rings. The van der Waals surface area contributed by atoms with Gasteiger partial charge in [-0.05, 0) is 44.7 Å². The summed E-state index contributed by atoms with van der Waals surface area (Å²) in [5.41, 5.74) is 7.75. The Kier molecular flexibility index (Phi) is 4.59. The Labute approximate surface area is 116 Å². The molecule has 0 radical (unpaired) electrons. The van der Waals surface area contributed by atoms with E-state index < -0.39 is 0 Å². The van der Waals surface area contributed by atoms with Gasteiger partial charge >= 0.3 is 0 Å². The first kappa shape index (κ1) is 14.1. The van der Waals surface area contributed by atoms with Gasteiger partial charge < -0.3 is 5.43 Å². The fourth-order valence-corrected chi connectivity index (χ4v) is 3.12. The minimum absolute atomic E-state index is 0.430. The van der Waals surface area contributed by atoms with Crippen molar-refractivity contribution in [3.05, 3.63) is 34.4 Å². The molecule has 19 heavy (non-hydrogen) atoms. The van der Waals surface area contributed by atoms with Crippen LogP contribution in [-0.2, 0) is 0 Å². The molecule has 1 saturated carbocycles. The average molecular weight is 259 g/mol. The van der Waals surface area contributed by atoms with Crippen molar-refractivity contribution in [2.75, 3.05) is 0 Å². The van der Waals surface area contributed by atoms with Crippen LogP contribution in [0.1, 0.15) is 54.4 Å². The quantitative estimate of drug-likeness (QED) is 0.371. The Morgan fingerprint density at radius 3 is 2.21 bits per heavy atom. The molecule has 2 rings (SSSR count). The van der Waals surface area contributed by atoms with Gasteiger partial charge in [0.25, 0.3) is 0 Å². The van der Waals surface area contributed by atoms with Crippen LogP contribution in [0.4, 0.5) is 0 Å². The summed E-state index contributed by atoms with van der Waals surface area (Å²) in [4.78, 5) is 4.86. The van der Waals surface area contributed by atoms with Gasteiger partial charge in [0, 0.05) is 5.56 Å². The third-order valence-electron chi connectivity index (χ3n) is 3.94. The molecular formula is C16H25N3. The molecule has 0 amide bonds. The zero-order chi connectivity index (χ0) is 13.8. The molecule has 0 aromatic heterocycles. The molecule has 0 bridgehead atoms. The number of hydrogen-bond donors (Lipinski definition) is 2. The zero-order valence-electron chi connectivity index (χ0n) is 12.3. The number of nitrogens with one attached hydrogen (secondary N) is 1. The van der Waals surface area contributed by atoms with Crippen molar-refractivity contribution in [3.8, 4) is 0 Å². The minimum Gasteiger partial charge on any atom is -0.308 e. The van der Waals surface area contributed by atoms with Crippen LogP contribution in [0, 0.1) is 20.8 Å². The van der Waals surface area contributed by atoms with E-state index in [0.717, 1.165) is 5.84 Å². The topological polar surface area (TPSA) is 50.4 Å². The van der Waals surface area contributed by atoms with Gasteiger partial charge in [-0.3, -0.25) is 4.99 Å². The first-order valence-corrected chi connectivity index (χ1v) is 7.24. The van der Waals surface area contributed by atoms with Crippen molar-refractivity contribution in [2.45, 2.75) is 58.9 Å². The van der Waals surface area contributed by atoms with E-state index in [0.29, 0.717) is 6.04 Å². The second-order valence-electron chi connectivity index (χ2n) is 5.69. The molecule has 3 nitrogen and oxygen atoms in total. The molecule has 104 valence electrons. The van der Waals surface area contributed by atoms with E-state index in [4.69, 9.17) is 10.8 Å². The maximum Gasteiger partial charge on any atom is 0.143 e. The van der Waals surface area contributed by atoms with Crippen molar-refractivity contribution in [3.63, 3.8) is 0 Å². The third kappa shape index (κ3) is 3.35. The lowest BCUT2D eigenvalue weighted by Crippen LogP contribution is -2.34. The predicted molar refractivity (Wildman–Crippen MR) is 81.4 cm³/mol. The van der Waals surface area contributed by atoms with E-state index in [1.807, 2.05) is 0 Å². The number of rotatable bonds is 2. The molecule has 1 aliphatic carbocycles. The van der Waals surface area contributed by atoms with E-state index in [9.17, 15) is 0 Å². The van der Waals surface area contributed by atoms with Gasteiger partial charge in [0.2, 0.25) is 0 Å². The van der Waals surface area contributed by atoms with E-state index in [1.54, 1.807) is 0 Å². The van der Waals surface area contributed by atoms with Gasteiger partial charge in [0.1, 0.15) is 5.84 Å². The average Bonchev–Trinajstić information content (AvgIpc) is 2.37. The Bertz CT molecular complexity index is 448. The highest BCUT2D eigenvalue weighted by atomic mass is 15.3. The highest BCUT2D eigenvalue weighted by molar-refractivity contribution is 6.01.